The van der Waals surface area contributed by atoms with Crippen LogP contribution in [0.3, 0.4) is 0 Å². The fraction of sp³-hybridized carbons (Fsp3) is 0.462. The van der Waals surface area contributed by atoms with Gasteiger partial charge in [0, 0.05) is 30.0 Å². The molecule has 2 aliphatic rings. The second-order valence-corrected chi connectivity index (χ2v) is 5.06. The highest BCUT2D eigenvalue weighted by molar-refractivity contribution is 5.96. The van der Waals surface area contributed by atoms with E-state index in [0.29, 0.717) is 30.0 Å². The maximum Gasteiger partial charge on any atom is 0.254 e. The second kappa shape index (κ2) is 4.17. The zero-order chi connectivity index (χ0) is 12.7. The molecule has 2 atom stereocenters. The molecule has 1 amide bonds. The third-order valence-electron chi connectivity index (χ3n) is 3.56. The smallest absolute Gasteiger partial charge is 0.254 e. The molecule has 2 unspecified atom stereocenters. The molecule has 2 bridgehead atoms. The van der Waals surface area contributed by atoms with Crippen LogP contribution in [-0.2, 0) is 4.74 Å². The quantitative estimate of drug-likeness (QED) is 0.721. The molecule has 3 rings (SSSR count). The Hall–Kier alpha value is -1.75. The zero-order valence-electron chi connectivity index (χ0n) is 10.1. The van der Waals surface area contributed by atoms with Gasteiger partial charge in [-0.2, -0.15) is 0 Å². The zero-order valence-corrected chi connectivity index (χ0v) is 10.1. The van der Waals surface area contributed by atoms with E-state index in [9.17, 15) is 4.79 Å². The van der Waals surface area contributed by atoms with Crippen LogP contribution in [0.1, 0.15) is 23.2 Å². The molecule has 5 heteroatoms. The van der Waals surface area contributed by atoms with Crippen LogP contribution in [-0.4, -0.2) is 36.1 Å². The van der Waals surface area contributed by atoms with Crippen LogP contribution < -0.4 is 11.5 Å². The maximum atomic E-state index is 12.4. The number of fused-ring (bicyclic) bond motifs is 2. The Balaban J connectivity index is 1.81. The Morgan fingerprint density at radius 3 is 2.22 bits per heavy atom. The van der Waals surface area contributed by atoms with Crippen molar-refractivity contribution in [3.8, 4) is 0 Å². The lowest BCUT2D eigenvalue weighted by Crippen LogP contribution is -2.45. The molecule has 1 aromatic carbocycles. The van der Waals surface area contributed by atoms with Crippen molar-refractivity contribution in [2.75, 3.05) is 24.6 Å². The van der Waals surface area contributed by atoms with Crippen molar-refractivity contribution >= 4 is 17.3 Å². The SMILES string of the molecule is Nc1cc(N)cc(C(=O)N2CC3CCC(C2)O3)c1. The summed E-state index contributed by atoms with van der Waals surface area (Å²) in [6, 6.07) is 5.01. The van der Waals surface area contributed by atoms with Gasteiger partial charge in [0.1, 0.15) is 0 Å². The van der Waals surface area contributed by atoms with Crippen molar-refractivity contribution in [1.82, 2.24) is 4.90 Å². The van der Waals surface area contributed by atoms with Crippen molar-refractivity contribution in [2.45, 2.75) is 25.0 Å². The number of benzene rings is 1. The van der Waals surface area contributed by atoms with Crippen molar-refractivity contribution in [3.63, 3.8) is 0 Å². The molecule has 0 saturated carbocycles. The van der Waals surface area contributed by atoms with Crippen molar-refractivity contribution < 1.29 is 9.53 Å². The normalized spacial score (nSPS) is 26.3. The van der Waals surface area contributed by atoms with E-state index in [2.05, 4.69) is 0 Å². The molecule has 2 fully saturated rings. The van der Waals surface area contributed by atoms with Crippen LogP contribution in [0.15, 0.2) is 18.2 Å². The van der Waals surface area contributed by atoms with Crippen molar-refractivity contribution in [3.05, 3.63) is 23.8 Å². The van der Waals surface area contributed by atoms with E-state index in [1.54, 1.807) is 18.2 Å². The molecule has 96 valence electrons. The van der Waals surface area contributed by atoms with Gasteiger partial charge in [-0.15, -0.1) is 0 Å². The number of nitrogen functional groups attached to an aromatic ring is 2. The lowest BCUT2D eigenvalue weighted by atomic mass is 10.1. The van der Waals surface area contributed by atoms with Crippen LogP contribution in [0.5, 0.6) is 0 Å². The number of hydrogen-bond acceptors (Lipinski definition) is 4. The van der Waals surface area contributed by atoms with Gasteiger partial charge in [0.05, 0.1) is 12.2 Å². The summed E-state index contributed by atoms with van der Waals surface area (Å²) in [4.78, 5) is 14.2. The van der Waals surface area contributed by atoms with Gasteiger partial charge in [0.2, 0.25) is 0 Å². The predicted octanol–water partition coefficient (Wildman–Crippen LogP) is 0.854. The number of morpholine rings is 1. The van der Waals surface area contributed by atoms with Crippen LogP contribution in [0.2, 0.25) is 0 Å². The Morgan fingerprint density at radius 2 is 1.67 bits per heavy atom. The molecular formula is C13H17N3O2. The number of carbonyl (C=O) groups excluding carboxylic acids is 1. The van der Waals surface area contributed by atoms with Gasteiger partial charge in [-0.05, 0) is 31.0 Å². The molecule has 4 N–H and O–H groups in total. The Kier molecular flexibility index (Phi) is 2.63. The molecule has 0 spiro atoms. The molecule has 0 aliphatic carbocycles. The van der Waals surface area contributed by atoms with Crippen LogP contribution in [0.4, 0.5) is 11.4 Å². The van der Waals surface area contributed by atoms with Gasteiger partial charge in [-0.3, -0.25) is 4.79 Å². The third kappa shape index (κ3) is 2.01. The first-order valence-electron chi connectivity index (χ1n) is 6.22. The third-order valence-corrected chi connectivity index (χ3v) is 3.56. The molecular weight excluding hydrogens is 230 g/mol. The van der Waals surface area contributed by atoms with E-state index in [1.807, 2.05) is 4.90 Å². The summed E-state index contributed by atoms with van der Waals surface area (Å²) < 4.78 is 5.72. The largest absolute Gasteiger partial charge is 0.399 e. The number of anilines is 2. The highest BCUT2D eigenvalue weighted by Gasteiger charge is 2.35. The topological polar surface area (TPSA) is 81.6 Å². The molecule has 1 aromatic rings. The minimum Gasteiger partial charge on any atom is -0.399 e. The van der Waals surface area contributed by atoms with Gasteiger partial charge in [0.25, 0.3) is 5.91 Å². The first-order chi connectivity index (χ1) is 8.61. The summed E-state index contributed by atoms with van der Waals surface area (Å²) in [6.45, 7) is 1.34. The highest BCUT2D eigenvalue weighted by atomic mass is 16.5. The first-order valence-corrected chi connectivity index (χ1v) is 6.22. The minimum atomic E-state index is -0.00537. The molecule has 2 aliphatic heterocycles. The molecule has 0 aromatic heterocycles. The number of amides is 1. The lowest BCUT2D eigenvalue weighted by Gasteiger charge is -2.32. The Morgan fingerprint density at radius 1 is 1.11 bits per heavy atom. The Bertz CT molecular complexity index is 457. The van der Waals surface area contributed by atoms with E-state index >= 15 is 0 Å². The van der Waals surface area contributed by atoms with Gasteiger partial charge in [-0.1, -0.05) is 0 Å². The van der Waals surface area contributed by atoms with E-state index in [0.717, 1.165) is 12.8 Å². The molecule has 2 saturated heterocycles. The number of ether oxygens (including phenoxy) is 1. The first kappa shape index (κ1) is 11.3. The highest BCUT2D eigenvalue weighted by Crippen LogP contribution is 2.27. The molecule has 18 heavy (non-hydrogen) atoms. The number of likely N-dealkylation sites (tertiary alicyclic amines) is 1. The van der Waals surface area contributed by atoms with E-state index in [1.165, 1.54) is 0 Å². The number of hydrogen-bond donors (Lipinski definition) is 2. The fourth-order valence-electron chi connectivity index (χ4n) is 2.76. The molecule has 5 nitrogen and oxygen atoms in total. The lowest BCUT2D eigenvalue weighted by molar-refractivity contribution is -0.0303. The predicted molar refractivity (Wildman–Crippen MR) is 69.1 cm³/mol. The summed E-state index contributed by atoms with van der Waals surface area (Å²) in [6.07, 6.45) is 2.50. The maximum absolute atomic E-state index is 12.4. The number of nitrogens with zero attached hydrogens (tertiary/aromatic N) is 1. The molecule has 0 radical (unpaired) electrons. The standard InChI is InChI=1S/C13H17N3O2/c14-9-3-8(4-10(15)5-9)13(17)16-6-11-1-2-12(7-16)18-11/h3-5,11-12H,1-2,6-7,14-15H2. The van der Waals surface area contributed by atoms with Gasteiger partial charge in [0.15, 0.2) is 0 Å². The minimum absolute atomic E-state index is 0.00537. The average molecular weight is 247 g/mol. The number of rotatable bonds is 1. The summed E-state index contributed by atoms with van der Waals surface area (Å²) in [5.74, 6) is -0.00537. The Labute approximate surface area is 106 Å². The van der Waals surface area contributed by atoms with Gasteiger partial charge >= 0.3 is 0 Å². The summed E-state index contributed by atoms with van der Waals surface area (Å²) in [7, 11) is 0. The van der Waals surface area contributed by atoms with Crippen LogP contribution >= 0.6 is 0 Å². The van der Waals surface area contributed by atoms with Crippen LogP contribution in [0.25, 0.3) is 0 Å². The monoisotopic (exact) mass is 247 g/mol. The van der Waals surface area contributed by atoms with Gasteiger partial charge < -0.3 is 21.1 Å². The molecule has 2 heterocycles. The van der Waals surface area contributed by atoms with Crippen LogP contribution in [0, 0.1) is 0 Å². The van der Waals surface area contributed by atoms with Gasteiger partial charge in [-0.25, -0.2) is 0 Å². The summed E-state index contributed by atoms with van der Waals surface area (Å²) in [5.41, 5.74) is 13.0. The summed E-state index contributed by atoms with van der Waals surface area (Å²) >= 11 is 0. The summed E-state index contributed by atoms with van der Waals surface area (Å²) in [5, 5.41) is 0. The number of carbonyl (C=O) groups is 1. The average Bonchev–Trinajstić information content (AvgIpc) is 2.66. The van der Waals surface area contributed by atoms with E-state index in [-0.39, 0.29) is 18.1 Å². The fourth-order valence-corrected chi connectivity index (χ4v) is 2.76. The van der Waals surface area contributed by atoms with E-state index in [4.69, 9.17) is 16.2 Å². The van der Waals surface area contributed by atoms with E-state index < -0.39 is 0 Å². The number of nitrogens with two attached hydrogens (primary N) is 2. The van der Waals surface area contributed by atoms with Crippen molar-refractivity contribution in [2.24, 2.45) is 0 Å². The second-order valence-electron chi connectivity index (χ2n) is 5.06. The van der Waals surface area contributed by atoms with Crippen molar-refractivity contribution in [1.29, 1.82) is 0 Å².